The van der Waals surface area contributed by atoms with Gasteiger partial charge in [-0.2, -0.15) is 0 Å². The van der Waals surface area contributed by atoms with Crippen LogP contribution in [-0.4, -0.2) is 0 Å². The van der Waals surface area contributed by atoms with Crippen LogP contribution in [0.5, 0.6) is 0 Å². The second-order valence-electron chi connectivity index (χ2n) is 24.6. The highest BCUT2D eigenvalue weighted by molar-refractivity contribution is 8.19. The number of hydrogen-bond acceptors (Lipinski definition) is 13. The van der Waals surface area contributed by atoms with Crippen LogP contribution in [0, 0.1) is 0 Å². The van der Waals surface area contributed by atoms with Gasteiger partial charge in [-0.25, -0.2) is 0 Å². The average molecular weight is 1590 g/mol. The van der Waals surface area contributed by atoms with Crippen molar-refractivity contribution in [3.63, 3.8) is 0 Å². The van der Waals surface area contributed by atoms with Crippen LogP contribution >= 0.6 is 43.6 Å². The normalized spacial score (nSPS) is 11.7. The lowest BCUT2D eigenvalue weighted by Crippen LogP contribution is -2.18. The lowest BCUT2D eigenvalue weighted by atomic mass is 10.4. The van der Waals surface area contributed by atoms with Gasteiger partial charge in [0.25, 0.3) is 14.7 Å². The van der Waals surface area contributed by atoms with Gasteiger partial charge in [-0.15, -0.1) is 0 Å². The van der Waals surface area contributed by atoms with E-state index in [4.69, 9.17) is 64.0 Å². The Morgan fingerprint density at radius 1 is 0.211 bits per heavy atom. The molecule has 0 aliphatic heterocycles. The first kappa shape index (κ1) is 78.0. The summed E-state index contributed by atoms with van der Waals surface area (Å²) in [7, 11) is -8.54. The van der Waals surface area contributed by atoms with Crippen molar-refractivity contribution in [1.82, 2.24) is 0 Å². The summed E-state index contributed by atoms with van der Waals surface area (Å²) in [6, 6.07) is 130. The molecule has 0 amide bonds. The predicted molar refractivity (Wildman–Crippen MR) is 455 cm³/mol. The van der Waals surface area contributed by atoms with Crippen molar-refractivity contribution in [1.29, 1.82) is 0 Å². The molecule has 0 radical (unpaired) electrons. The Morgan fingerprint density at radius 3 is 0.578 bits per heavy atom. The average Bonchev–Trinajstić information content (AvgIpc) is 1.51. The van der Waals surface area contributed by atoms with E-state index in [2.05, 4.69) is 97.1 Å². The third-order valence-corrected chi connectivity index (χ3v) is 33.9. The largest absolute Gasteiger partial charge is 0.461 e. The van der Waals surface area contributed by atoms with Crippen LogP contribution in [0.2, 0.25) is 0 Å². The van der Waals surface area contributed by atoms with Crippen molar-refractivity contribution < 1.29 is 49.5 Å². The summed E-state index contributed by atoms with van der Waals surface area (Å²) in [5.41, 5.74) is 0. The summed E-state index contributed by atoms with van der Waals surface area (Å²) in [5.74, 6) is 4.00. The molecular weight excluding hydrogens is 1510 g/mol. The Hall–Kier alpha value is -9.14. The summed E-state index contributed by atoms with van der Waals surface area (Å²) in [5, 5.41) is 11.2. The molecule has 19 heteroatoms. The molecule has 0 aliphatic rings. The van der Waals surface area contributed by atoms with Crippen LogP contribution in [0.3, 0.4) is 0 Å². The summed E-state index contributed by atoms with van der Waals surface area (Å²) in [4.78, 5) is 0. The van der Waals surface area contributed by atoms with Crippen molar-refractivity contribution in [3.8, 4) is 0 Å². The second-order valence-corrected chi connectivity index (χ2v) is 41.0. The van der Waals surface area contributed by atoms with Gasteiger partial charge in [0, 0.05) is 63.7 Å². The Bertz CT molecular complexity index is 4590. The third-order valence-electron chi connectivity index (χ3n) is 17.1. The molecule has 3 aromatic heterocycles. The van der Waals surface area contributed by atoms with Gasteiger partial charge < -0.3 is 40.4 Å². The quantitative estimate of drug-likeness (QED) is 0.0397. The van der Waals surface area contributed by atoms with Crippen LogP contribution < -0.4 is 63.7 Å². The maximum Gasteiger partial charge on any atom is 0.261 e. The van der Waals surface area contributed by atoms with E-state index in [1.807, 2.05) is 243 Å². The van der Waals surface area contributed by atoms with E-state index >= 15 is 0 Å². The molecule has 0 aliphatic carbocycles. The van der Waals surface area contributed by atoms with E-state index in [0.717, 1.165) is 32.7 Å². The van der Waals surface area contributed by atoms with Crippen molar-refractivity contribution in [2.45, 2.75) is 39.6 Å². The van der Waals surface area contributed by atoms with E-state index in [-0.39, 0.29) is 26.4 Å². The van der Waals surface area contributed by atoms with E-state index in [1.165, 1.54) is 21.2 Å². The minimum absolute atomic E-state index is 0.0100. The van der Waals surface area contributed by atoms with Crippen LogP contribution in [0.4, 0.5) is 0 Å². The lowest BCUT2D eigenvalue weighted by molar-refractivity contribution is 0.247. The summed E-state index contributed by atoms with van der Waals surface area (Å²) in [6.07, 6.45) is -4.94. The molecule has 109 heavy (non-hydrogen) atoms. The molecule has 11 nitrogen and oxygen atoms in total. The maximum atomic E-state index is 14.0. The van der Waals surface area contributed by atoms with Crippen molar-refractivity contribution in [2.75, 3.05) is 0 Å². The van der Waals surface area contributed by atoms with Gasteiger partial charge in [-0.3, -0.25) is 9.13 Å². The molecule has 0 N–H and O–H groups in total. The molecule has 0 saturated heterocycles. The first-order valence-electron chi connectivity index (χ1n) is 35.2. The Labute approximate surface area is 650 Å². The number of benzene rings is 12. The first-order valence-corrected chi connectivity index (χ1v) is 46.5. The van der Waals surface area contributed by atoms with Crippen molar-refractivity contribution >= 4 is 131 Å². The second kappa shape index (κ2) is 39.0. The van der Waals surface area contributed by atoms with Gasteiger partial charge >= 0.3 is 0 Å². The molecule has 0 bridgehead atoms. The molecule has 0 fully saturated rings. The summed E-state index contributed by atoms with van der Waals surface area (Å²) in [6.45, 7) is 1.37. The molecule has 0 unspecified atom stereocenters. The number of rotatable bonds is 30. The highest BCUT2D eigenvalue weighted by Crippen LogP contribution is 2.50. The van der Waals surface area contributed by atoms with Crippen LogP contribution in [0.25, 0.3) is 0 Å². The lowest BCUT2D eigenvalue weighted by Gasteiger charge is -2.23. The van der Waals surface area contributed by atoms with Gasteiger partial charge in [0.1, 0.15) is 86.7 Å². The van der Waals surface area contributed by atoms with Crippen molar-refractivity contribution in [2.24, 2.45) is 0 Å². The number of furan rings is 3. The van der Waals surface area contributed by atoms with Crippen LogP contribution in [0.1, 0.15) is 34.6 Å². The fraction of sp³-hybridized carbons (Fsp3) is 0.0667. The highest BCUT2D eigenvalue weighted by atomic mass is 32.4. The molecule has 12 aromatic carbocycles. The molecule has 0 saturated carbocycles. The first-order chi connectivity index (χ1) is 53.5. The van der Waals surface area contributed by atoms with Gasteiger partial charge in [-0.05, 0) is 84.9 Å². The highest BCUT2D eigenvalue weighted by Gasteiger charge is 2.32. The van der Waals surface area contributed by atoms with Crippen LogP contribution in [-0.2, 0) is 99.5 Å². The van der Waals surface area contributed by atoms with E-state index in [0.29, 0.717) is 57.5 Å². The molecular formula is C90H78O11P6S2. The zero-order valence-electron chi connectivity index (χ0n) is 59.3. The topological polar surface area (TPSA) is 129 Å². The van der Waals surface area contributed by atoms with E-state index < -0.39 is 43.6 Å². The van der Waals surface area contributed by atoms with E-state index in [1.54, 1.807) is 60.7 Å². The zero-order valence-corrected chi connectivity index (χ0v) is 66.3. The molecule has 546 valence electrons. The molecule has 0 atom stereocenters. The smallest absolute Gasteiger partial charge is 0.261 e. The predicted octanol–water partition coefficient (Wildman–Crippen LogP) is 19.0. The van der Waals surface area contributed by atoms with Gasteiger partial charge in [0.15, 0.2) is 0 Å². The minimum Gasteiger partial charge on any atom is -0.461 e. The summed E-state index contributed by atoms with van der Waals surface area (Å²) < 4.78 is 84.1. The van der Waals surface area contributed by atoms with Gasteiger partial charge in [0.2, 0.25) is 0 Å². The van der Waals surface area contributed by atoms with Crippen molar-refractivity contribution in [3.05, 3.63) is 435 Å². The monoisotopic (exact) mass is 1580 g/mol. The number of hydrogen-bond donors (Lipinski definition) is 0. The minimum atomic E-state index is -3.34. The SMILES string of the molecule is O=P(OCc1ccc(COP(=O)(c2ccccc2)c2ccccc2)o1)(c1ccccc1)c1ccccc1.S=P(OCc1ccc(COP(=S)(c2ccccc2)c2ccccc2)o1)(c1ccccc1)c1ccccc1.c1ccc(P(OCc2ccc(COP(c3ccccc3)c3ccccc3)o2)c2ccccc2)cc1. The molecule has 15 rings (SSSR count). The molecule has 15 aromatic rings. The summed E-state index contributed by atoms with van der Waals surface area (Å²) >= 11 is 12.3. The Morgan fingerprint density at radius 2 is 0.376 bits per heavy atom. The standard InChI is InChI=1S/C30H26O5P2.C30H26O3P2S2.C30H26O3P2/c31-36(27-13-5-1-6-14-27,28-15-7-2-8-16-28)33-23-25-21-22-26(35-25)24-34-37(32,29-17-9-3-10-18-29)30-19-11-4-12-20-30;36-34(27-13-5-1-6-14-27,28-15-7-2-8-16-28)31-23-25-21-22-26(33-25)24-32-35(37,29-17-9-3-10-18-29)30-19-11-4-12-20-30;1-5-13-27(14-6-1)34(28-15-7-2-8-16-28)31-23-25-21-22-26(33-25)24-32-35(29-17-9-3-10-18-29)30-19-11-4-12-20-30/h2*1-22H,23-24H2;1-22H,23-24H2. The fourth-order valence-electron chi connectivity index (χ4n) is 11.6. The zero-order chi connectivity index (χ0) is 74.8. The van der Waals surface area contributed by atoms with E-state index in [9.17, 15) is 9.13 Å². The fourth-order valence-corrected chi connectivity index (χ4v) is 25.0. The molecule has 3 heterocycles. The third kappa shape index (κ3) is 20.7. The van der Waals surface area contributed by atoms with Gasteiger partial charge in [0.05, 0.1) is 16.3 Å². The Kier molecular flexibility index (Phi) is 27.9. The Balaban J connectivity index is 0.000000144. The van der Waals surface area contributed by atoms with Gasteiger partial charge in [-0.1, -0.05) is 339 Å². The molecule has 0 spiro atoms. The maximum absolute atomic E-state index is 14.0. The van der Waals surface area contributed by atoms with Crippen LogP contribution in [0.15, 0.2) is 414 Å².